The van der Waals surface area contributed by atoms with Gasteiger partial charge in [0.2, 0.25) is 0 Å². The van der Waals surface area contributed by atoms with Gasteiger partial charge < -0.3 is 25.4 Å². The molecule has 0 aromatic carbocycles. The topological polar surface area (TPSA) is 82.0 Å². The van der Waals surface area contributed by atoms with Crippen LogP contribution in [0.4, 0.5) is 0 Å². The summed E-state index contributed by atoms with van der Waals surface area (Å²) < 4.78 is 4.96. The number of ether oxygens (including phenoxy) is 1. The zero-order valence-corrected chi connectivity index (χ0v) is 7.14. The molecule has 0 bridgehead atoms. The molecule has 5 nitrogen and oxygen atoms in total. The van der Waals surface area contributed by atoms with E-state index in [4.69, 9.17) is 4.74 Å². The predicted molar refractivity (Wildman–Crippen MR) is 41.4 cm³/mol. The normalized spacial score (nSPS) is 49.2. The van der Waals surface area contributed by atoms with Crippen molar-refractivity contribution in [3.63, 3.8) is 0 Å². The summed E-state index contributed by atoms with van der Waals surface area (Å²) in [4.78, 5) is 0. The molecule has 1 aliphatic rings. The molecule has 72 valence electrons. The number of likely N-dealkylation sites (N-methyl/N-ethyl adjacent to an activating group) is 1. The monoisotopic (exact) mass is 177 g/mol. The lowest BCUT2D eigenvalue weighted by atomic mass is 9.98. The maximum absolute atomic E-state index is 9.43. The highest BCUT2D eigenvalue weighted by Crippen LogP contribution is 2.18. The summed E-state index contributed by atoms with van der Waals surface area (Å²) >= 11 is 0. The first-order valence-electron chi connectivity index (χ1n) is 3.95. The molecule has 5 atom stereocenters. The zero-order chi connectivity index (χ0) is 9.30. The Kier molecular flexibility index (Phi) is 3.03. The second-order valence-corrected chi connectivity index (χ2v) is 3.03. The minimum atomic E-state index is -1.07. The molecule has 1 rings (SSSR count). The predicted octanol–water partition coefficient (Wildman–Crippen LogP) is -1.97. The Balaban J connectivity index is 2.65. The fourth-order valence-corrected chi connectivity index (χ4v) is 1.36. The third-order valence-corrected chi connectivity index (χ3v) is 2.19. The number of aliphatic hydroxyl groups excluding tert-OH is 3. The van der Waals surface area contributed by atoms with Gasteiger partial charge in [-0.25, -0.2) is 0 Å². The molecule has 12 heavy (non-hydrogen) atoms. The zero-order valence-electron chi connectivity index (χ0n) is 7.14. The van der Waals surface area contributed by atoms with E-state index in [1.807, 2.05) is 0 Å². The molecule has 0 amide bonds. The van der Waals surface area contributed by atoms with Crippen LogP contribution >= 0.6 is 0 Å². The molecule has 1 aliphatic heterocycles. The summed E-state index contributed by atoms with van der Waals surface area (Å²) in [6.45, 7) is 1.60. The smallest absolute Gasteiger partial charge is 0.173 e. The second-order valence-electron chi connectivity index (χ2n) is 3.03. The lowest BCUT2D eigenvalue weighted by Gasteiger charge is -2.39. The lowest BCUT2D eigenvalue weighted by molar-refractivity contribution is -0.242. The molecule has 0 radical (unpaired) electrons. The Morgan fingerprint density at radius 1 is 1.17 bits per heavy atom. The van der Waals surface area contributed by atoms with E-state index in [0.717, 1.165) is 0 Å². The van der Waals surface area contributed by atoms with Crippen LogP contribution in [0.2, 0.25) is 0 Å². The molecule has 1 heterocycles. The van der Waals surface area contributed by atoms with E-state index < -0.39 is 30.6 Å². The summed E-state index contributed by atoms with van der Waals surface area (Å²) in [6.07, 6.45) is -3.55. The van der Waals surface area contributed by atoms with Gasteiger partial charge >= 0.3 is 0 Å². The summed E-state index contributed by atoms with van der Waals surface area (Å²) in [5.41, 5.74) is 0. The summed E-state index contributed by atoms with van der Waals surface area (Å²) in [6, 6.07) is -0.629. The third-order valence-electron chi connectivity index (χ3n) is 2.19. The molecule has 4 N–H and O–H groups in total. The van der Waals surface area contributed by atoms with Crippen molar-refractivity contribution in [1.82, 2.24) is 5.32 Å². The van der Waals surface area contributed by atoms with E-state index >= 15 is 0 Å². The number of hydrogen-bond donors (Lipinski definition) is 4. The van der Waals surface area contributed by atoms with Crippen molar-refractivity contribution in [2.45, 2.75) is 37.6 Å². The summed E-state index contributed by atoms with van der Waals surface area (Å²) in [5.74, 6) is 0. The fourth-order valence-electron chi connectivity index (χ4n) is 1.36. The lowest BCUT2D eigenvalue weighted by Crippen LogP contribution is -2.61. The van der Waals surface area contributed by atoms with Gasteiger partial charge in [0, 0.05) is 0 Å². The van der Waals surface area contributed by atoms with Gasteiger partial charge in [0.1, 0.15) is 12.2 Å². The van der Waals surface area contributed by atoms with Gasteiger partial charge in [0.05, 0.1) is 12.1 Å². The highest BCUT2D eigenvalue weighted by molar-refractivity contribution is 4.90. The van der Waals surface area contributed by atoms with E-state index in [-0.39, 0.29) is 0 Å². The van der Waals surface area contributed by atoms with Crippen LogP contribution in [0, 0.1) is 0 Å². The van der Waals surface area contributed by atoms with Gasteiger partial charge in [-0.2, -0.15) is 0 Å². The molecule has 0 unspecified atom stereocenters. The summed E-state index contributed by atoms with van der Waals surface area (Å²) in [5, 5.41) is 30.7. The van der Waals surface area contributed by atoms with Crippen molar-refractivity contribution in [2.24, 2.45) is 0 Å². The standard InChI is InChI=1S/C7H15NO4/c1-3-5(9)6(10)4(8-2)7(11)12-3/h3-11H,1-2H3/t3-,4-,5+,6-,7-/m1/s1. The largest absolute Gasteiger partial charge is 0.388 e. The Morgan fingerprint density at radius 3 is 2.25 bits per heavy atom. The van der Waals surface area contributed by atoms with Crippen LogP contribution in [0.15, 0.2) is 0 Å². The molecular weight excluding hydrogens is 162 g/mol. The molecule has 0 aromatic heterocycles. The van der Waals surface area contributed by atoms with E-state index in [1.54, 1.807) is 14.0 Å². The van der Waals surface area contributed by atoms with Crippen LogP contribution in [0.25, 0.3) is 0 Å². The van der Waals surface area contributed by atoms with Crippen LogP contribution in [-0.4, -0.2) is 53.0 Å². The van der Waals surface area contributed by atoms with E-state index in [0.29, 0.717) is 0 Å². The first-order valence-corrected chi connectivity index (χ1v) is 3.95. The van der Waals surface area contributed by atoms with Crippen molar-refractivity contribution in [1.29, 1.82) is 0 Å². The number of hydrogen-bond acceptors (Lipinski definition) is 5. The molecular formula is C7H15NO4. The van der Waals surface area contributed by atoms with Crippen molar-refractivity contribution in [3.8, 4) is 0 Å². The number of nitrogens with one attached hydrogen (secondary N) is 1. The molecule has 0 aromatic rings. The SMILES string of the molecule is CN[C@@H]1[C@@H](O)[C@@H](O)[C@@H](C)O[C@H]1O. The van der Waals surface area contributed by atoms with Crippen LogP contribution in [0.3, 0.4) is 0 Å². The maximum atomic E-state index is 9.43. The van der Waals surface area contributed by atoms with E-state index in [1.165, 1.54) is 0 Å². The van der Waals surface area contributed by atoms with Crippen LogP contribution in [0.1, 0.15) is 6.92 Å². The number of aliphatic hydroxyl groups is 3. The van der Waals surface area contributed by atoms with E-state index in [2.05, 4.69) is 5.32 Å². The van der Waals surface area contributed by atoms with Crippen molar-refractivity contribution >= 4 is 0 Å². The van der Waals surface area contributed by atoms with Crippen LogP contribution in [0.5, 0.6) is 0 Å². The van der Waals surface area contributed by atoms with Crippen LogP contribution in [-0.2, 0) is 4.74 Å². The molecule has 0 spiro atoms. The van der Waals surface area contributed by atoms with Crippen molar-refractivity contribution in [3.05, 3.63) is 0 Å². The van der Waals surface area contributed by atoms with Gasteiger partial charge in [-0.1, -0.05) is 0 Å². The maximum Gasteiger partial charge on any atom is 0.173 e. The first-order chi connectivity index (χ1) is 5.57. The summed E-state index contributed by atoms with van der Waals surface area (Å²) in [7, 11) is 1.59. The van der Waals surface area contributed by atoms with Crippen molar-refractivity contribution in [2.75, 3.05) is 7.05 Å². The minimum Gasteiger partial charge on any atom is -0.388 e. The number of rotatable bonds is 1. The molecule has 0 saturated carbocycles. The van der Waals surface area contributed by atoms with Gasteiger partial charge in [-0.3, -0.25) is 0 Å². The first kappa shape index (κ1) is 9.88. The van der Waals surface area contributed by atoms with E-state index in [9.17, 15) is 15.3 Å². The minimum absolute atomic E-state index is 0.542. The van der Waals surface area contributed by atoms with Gasteiger partial charge in [0.15, 0.2) is 6.29 Å². The fraction of sp³-hybridized carbons (Fsp3) is 1.00. The van der Waals surface area contributed by atoms with Crippen LogP contribution < -0.4 is 5.32 Å². The quantitative estimate of drug-likeness (QED) is 0.373. The Morgan fingerprint density at radius 2 is 1.75 bits per heavy atom. The molecule has 5 heteroatoms. The second kappa shape index (κ2) is 3.68. The van der Waals surface area contributed by atoms with Gasteiger partial charge in [-0.05, 0) is 14.0 Å². The molecule has 1 saturated heterocycles. The Hall–Kier alpha value is -0.200. The van der Waals surface area contributed by atoms with Crippen molar-refractivity contribution < 1.29 is 20.1 Å². The average Bonchev–Trinajstić information content (AvgIpc) is 2.01. The average molecular weight is 177 g/mol. The highest BCUT2D eigenvalue weighted by Gasteiger charge is 2.40. The third kappa shape index (κ3) is 1.60. The Bertz CT molecular complexity index is 154. The molecule has 0 aliphatic carbocycles. The van der Waals surface area contributed by atoms with Gasteiger partial charge in [0.25, 0.3) is 0 Å². The molecule has 1 fully saturated rings. The van der Waals surface area contributed by atoms with Gasteiger partial charge in [-0.15, -0.1) is 0 Å². The Labute approximate surface area is 71.0 Å². The highest BCUT2D eigenvalue weighted by atomic mass is 16.6.